The van der Waals surface area contributed by atoms with Crippen LogP contribution in [0.3, 0.4) is 0 Å². The predicted molar refractivity (Wildman–Crippen MR) is 109 cm³/mol. The zero-order valence-corrected chi connectivity index (χ0v) is 16.0. The quantitative estimate of drug-likeness (QED) is 0.554. The zero-order valence-electron chi connectivity index (χ0n) is 16.0. The summed E-state index contributed by atoms with van der Waals surface area (Å²) in [7, 11) is 0. The topological polar surface area (TPSA) is 90.3 Å². The Morgan fingerprint density at radius 1 is 1.18 bits per heavy atom. The van der Waals surface area contributed by atoms with Crippen molar-refractivity contribution in [3.8, 4) is 17.1 Å². The minimum atomic E-state index is -0.436. The summed E-state index contributed by atoms with van der Waals surface area (Å²) in [4.78, 5) is 9.05. The average molecular weight is 384 g/mol. The Morgan fingerprint density at radius 2 is 1.93 bits per heavy atom. The summed E-state index contributed by atoms with van der Waals surface area (Å²) < 4.78 is 13.6. The largest absolute Gasteiger partial charge is 0.507 e. The fourth-order valence-electron chi connectivity index (χ4n) is 2.97. The number of anilines is 1. The number of fused-ring (bicyclic) bond motifs is 1. The lowest BCUT2D eigenvalue weighted by atomic mass is 10.1. The third-order valence-electron chi connectivity index (χ3n) is 4.20. The van der Waals surface area contributed by atoms with E-state index in [2.05, 4.69) is 20.6 Å². The molecule has 1 fully saturated rings. The van der Waals surface area contributed by atoms with E-state index in [1.165, 1.54) is 18.2 Å². The van der Waals surface area contributed by atoms with E-state index < -0.39 is 5.82 Å². The van der Waals surface area contributed by atoms with E-state index >= 15 is 0 Å². The van der Waals surface area contributed by atoms with Crippen LogP contribution in [0.25, 0.3) is 22.3 Å². The number of phenolic OH excluding ortho intramolecular Hbond substituents is 1. The Balaban J connectivity index is 0.000000516. The second-order valence-corrected chi connectivity index (χ2v) is 7.00. The maximum atomic E-state index is 13.6. The third kappa shape index (κ3) is 4.94. The number of aromatic nitrogens is 2. The van der Waals surface area contributed by atoms with Gasteiger partial charge in [0.2, 0.25) is 0 Å². The number of para-hydroxylation sites is 1. The van der Waals surface area contributed by atoms with Gasteiger partial charge in [0.25, 0.3) is 0 Å². The number of aliphatic hydroxyl groups is 1. The summed E-state index contributed by atoms with van der Waals surface area (Å²) in [5, 5.41) is 25.8. The molecule has 0 amide bonds. The molecule has 3 aromatic rings. The molecule has 6 nitrogen and oxygen atoms in total. The van der Waals surface area contributed by atoms with Crippen molar-refractivity contribution in [2.75, 3.05) is 18.4 Å². The van der Waals surface area contributed by atoms with Crippen LogP contribution in [0.2, 0.25) is 0 Å². The molecule has 1 saturated heterocycles. The molecule has 1 aliphatic rings. The first kappa shape index (κ1) is 20.0. The fourth-order valence-corrected chi connectivity index (χ4v) is 2.97. The van der Waals surface area contributed by atoms with Crippen molar-refractivity contribution >= 4 is 16.7 Å². The number of phenols is 1. The molecule has 7 heteroatoms. The molecule has 1 aromatic heterocycles. The summed E-state index contributed by atoms with van der Waals surface area (Å²) in [5.74, 6) is 0.529. The standard InChI is InChI=1S/C18H17FN4O.C3H8O/c19-11-5-6-16(24)14(9-11)18-22-15-4-2-1-3-13(15)17(23-18)21-12-7-8-20-10-12;1-3(2)4/h1-6,9,12,20,24H,7-8,10H2,(H,21,22,23);3-4H,1-2H3. The number of aliphatic hydroxyl groups excluding tert-OH is 1. The SMILES string of the molecule is CC(C)O.Oc1ccc(F)cc1-c1nc(NC2CCNC2)c2ccccc2n1. The molecule has 148 valence electrons. The molecule has 0 aliphatic carbocycles. The van der Waals surface area contributed by atoms with Crippen LogP contribution in [0.5, 0.6) is 5.75 Å². The predicted octanol–water partition coefficient (Wildman–Crippen LogP) is 3.30. The number of halogens is 1. The molecule has 1 unspecified atom stereocenters. The molecule has 4 rings (SSSR count). The lowest BCUT2D eigenvalue weighted by molar-refractivity contribution is 0.216. The Kier molecular flexibility index (Phi) is 6.38. The third-order valence-corrected chi connectivity index (χ3v) is 4.20. The summed E-state index contributed by atoms with van der Waals surface area (Å²) in [6, 6.07) is 11.7. The fraction of sp³-hybridized carbons (Fsp3) is 0.333. The summed E-state index contributed by atoms with van der Waals surface area (Å²) in [6.45, 7) is 5.29. The highest BCUT2D eigenvalue weighted by Crippen LogP contribution is 2.31. The van der Waals surface area contributed by atoms with Gasteiger partial charge in [-0.3, -0.25) is 0 Å². The Labute approximate surface area is 163 Å². The van der Waals surface area contributed by atoms with E-state index in [4.69, 9.17) is 5.11 Å². The van der Waals surface area contributed by atoms with Crippen molar-refractivity contribution in [1.82, 2.24) is 15.3 Å². The van der Waals surface area contributed by atoms with Gasteiger partial charge in [-0.05, 0) is 57.1 Å². The van der Waals surface area contributed by atoms with Crippen molar-refractivity contribution < 1.29 is 14.6 Å². The number of nitrogens with zero attached hydrogens (tertiary/aromatic N) is 2. The van der Waals surface area contributed by atoms with Gasteiger partial charge in [-0.25, -0.2) is 14.4 Å². The van der Waals surface area contributed by atoms with Gasteiger partial charge in [0, 0.05) is 24.1 Å². The van der Waals surface area contributed by atoms with Crippen LogP contribution in [0.4, 0.5) is 10.2 Å². The average Bonchev–Trinajstić information content (AvgIpc) is 3.16. The van der Waals surface area contributed by atoms with Gasteiger partial charge in [0.15, 0.2) is 5.82 Å². The summed E-state index contributed by atoms with van der Waals surface area (Å²) >= 11 is 0. The maximum absolute atomic E-state index is 13.6. The van der Waals surface area contributed by atoms with Crippen LogP contribution in [0.1, 0.15) is 20.3 Å². The van der Waals surface area contributed by atoms with E-state index in [0.29, 0.717) is 11.6 Å². The van der Waals surface area contributed by atoms with Crippen LogP contribution in [0.15, 0.2) is 42.5 Å². The molecule has 0 radical (unpaired) electrons. The first-order valence-electron chi connectivity index (χ1n) is 9.35. The van der Waals surface area contributed by atoms with E-state index in [0.717, 1.165) is 30.4 Å². The highest BCUT2D eigenvalue weighted by atomic mass is 19.1. The van der Waals surface area contributed by atoms with Gasteiger partial charge < -0.3 is 20.8 Å². The van der Waals surface area contributed by atoms with Gasteiger partial charge in [-0.15, -0.1) is 0 Å². The Hall–Kier alpha value is -2.77. The van der Waals surface area contributed by atoms with Crippen molar-refractivity contribution in [2.45, 2.75) is 32.4 Å². The lowest BCUT2D eigenvalue weighted by Gasteiger charge is -2.15. The summed E-state index contributed by atoms with van der Waals surface area (Å²) in [6.07, 6.45) is 0.846. The zero-order chi connectivity index (χ0) is 20.1. The van der Waals surface area contributed by atoms with Crippen molar-refractivity contribution in [1.29, 1.82) is 0 Å². The Bertz CT molecular complexity index is 940. The first-order chi connectivity index (χ1) is 13.4. The van der Waals surface area contributed by atoms with E-state index in [9.17, 15) is 9.50 Å². The monoisotopic (exact) mass is 384 g/mol. The lowest BCUT2D eigenvalue weighted by Crippen LogP contribution is -2.23. The second-order valence-electron chi connectivity index (χ2n) is 7.00. The van der Waals surface area contributed by atoms with Gasteiger partial charge in [-0.1, -0.05) is 12.1 Å². The number of benzene rings is 2. The van der Waals surface area contributed by atoms with Crippen molar-refractivity contribution in [3.63, 3.8) is 0 Å². The highest BCUT2D eigenvalue weighted by molar-refractivity contribution is 5.91. The van der Waals surface area contributed by atoms with Crippen LogP contribution < -0.4 is 10.6 Å². The van der Waals surface area contributed by atoms with Crippen LogP contribution in [0, 0.1) is 5.82 Å². The van der Waals surface area contributed by atoms with Crippen LogP contribution in [-0.2, 0) is 0 Å². The van der Waals surface area contributed by atoms with Crippen LogP contribution in [-0.4, -0.2) is 45.4 Å². The molecule has 28 heavy (non-hydrogen) atoms. The second kappa shape index (κ2) is 8.95. The molecule has 0 spiro atoms. The van der Waals surface area contributed by atoms with Crippen LogP contribution >= 0.6 is 0 Å². The Morgan fingerprint density at radius 3 is 2.64 bits per heavy atom. The molecule has 0 bridgehead atoms. The molecule has 1 atom stereocenters. The van der Waals surface area contributed by atoms with Gasteiger partial charge >= 0.3 is 0 Å². The molecular weight excluding hydrogens is 359 g/mol. The van der Waals surface area contributed by atoms with Crippen molar-refractivity contribution in [2.24, 2.45) is 0 Å². The minimum absolute atomic E-state index is 0.0415. The molecule has 2 aromatic carbocycles. The molecule has 1 aliphatic heterocycles. The normalized spacial score (nSPS) is 16.1. The first-order valence-corrected chi connectivity index (χ1v) is 9.35. The molecule has 4 N–H and O–H groups in total. The number of aromatic hydroxyl groups is 1. The number of rotatable bonds is 3. The van der Waals surface area contributed by atoms with E-state index in [1.54, 1.807) is 13.8 Å². The van der Waals surface area contributed by atoms with Gasteiger partial charge in [0.1, 0.15) is 17.4 Å². The minimum Gasteiger partial charge on any atom is -0.507 e. The van der Waals surface area contributed by atoms with E-state index in [1.807, 2.05) is 24.3 Å². The molecule has 0 saturated carbocycles. The number of nitrogens with one attached hydrogen (secondary N) is 2. The number of hydrogen-bond donors (Lipinski definition) is 4. The molecule has 2 heterocycles. The van der Waals surface area contributed by atoms with E-state index in [-0.39, 0.29) is 23.5 Å². The van der Waals surface area contributed by atoms with Crippen molar-refractivity contribution in [3.05, 3.63) is 48.3 Å². The number of hydrogen-bond acceptors (Lipinski definition) is 6. The van der Waals surface area contributed by atoms with Gasteiger partial charge in [-0.2, -0.15) is 0 Å². The molecular formula is C21H25FN4O2. The maximum Gasteiger partial charge on any atom is 0.165 e. The highest BCUT2D eigenvalue weighted by Gasteiger charge is 2.18. The van der Waals surface area contributed by atoms with Gasteiger partial charge in [0.05, 0.1) is 11.1 Å². The summed E-state index contributed by atoms with van der Waals surface area (Å²) in [5.41, 5.74) is 1.04. The smallest absolute Gasteiger partial charge is 0.165 e.